The molecular formula is C26H24N4O5. The molecule has 2 aromatic carbocycles. The van der Waals surface area contributed by atoms with Crippen molar-refractivity contribution in [2.75, 3.05) is 24.6 Å². The molecule has 0 bridgehead atoms. The van der Waals surface area contributed by atoms with Crippen molar-refractivity contribution in [2.45, 2.75) is 18.9 Å². The largest absolute Gasteiger partial charge is 0.477 e. The van der Waals surface area contributed by atoms with Crippen LogP contribution in [0.25, 0.3) is 11.1 Å². The molecule has 3 aliphatic rings. The normalized spacial score (nSPS) is 19.6. The number of aromatic nitrogens is 2. The second-order valence-electron chi connectivity index (χ2n) is 9.21. The number of carbonyl (C=O) groups excluding carboxylic acids is 2. The molecule has 2 aliphatic carbocycles. The van der Waals surface area contributed by atoms with Gasteiger partial charge in [-0.1, -0.05) is 48.5 Å². The van der Waals surface area contributed by atoms with Crippen molar-refractivity contribution in [3.8, 4) is 11.1 Å². The summed E-state index contributed by atoms with van der Waals surface area (Å²) in [6.45, 7) is 1.46. The Labute approximate surface area is 201 Å². The highest BCUT2D eigenvalue weighted by atomic mass is 16.5. The summed E-state index contributed by atoms with van der Waals surface area (Å²) in [5, 5.41) is 16.2. The zero-order valence-corrected chi connectivity index (χ0v) is 18.9. The lowest BCUT2D eigenvalue weighted by atomic mass is 9.98. The van der Waals surface area contributed by atoms with Crippen molar-refractivity contribution in [3.05, 3.63) is 71.4 Å². The van der Waals surface area contributed by atoms with Crippen molar-refractivity contribution in [3.63, 3.8) is 0 Å². The van der Waals surface area contributed by atoms with E-state index in [0.29, 0.717) is 31.9 Å². The molecule has 3 aromatic rings. The maximum atomic E-state index is 13.0. The van der Waals surface area contributed by atoms with Gasteiger partial charge in [-0.15, -0.1) is 0 Å². The summed E-state index contributed by atoms with van der Waals surface area (Å²) in [6.07, 6.45) is 1.42. The number of carboxylic acid groups (broad SMARTS) is 1. The molecule has 2 unspecified atom stereocenters. The van der Waals surface area contributed by atoms with Crippen LogP contribution in [0.2, 0.25) is 0 Å². The first-order chi connectivity index (χ1) is 17.0. The fourth-order valence-corrected chi connectivity index (χ4v) is 5.33. The van der Waals surface area contributed by atoms with Crippen molar-refractivity contribution in [1.82, 2.24) is 15.1 Å². The third kappa shape index (κ3) is 3.63. The quantitative estimate of drug-likeness (QED) is 0.570. The Morgan fingerprint density at radius 1 is 1.03 bits per heavy atom. The van der Waals surface area contributed by atoms with Crippen LogP contribution >= 0.6 is 0 Å². The van der Waals surface area contributed by atoms with Crippen LogP contribution in [0.1, 0.15) is 33.8 Å². The van der Waals surface area contributed by atoms with E-state index in [1.54, 1.807) is 4.68 Å². The van der Waals surface area contributed by atoms with Gasteiger partial charge in [-0.3, -0.25) is 9.69 Å². The average molecular weight is 473 g/mol. The van der Waals surface area contributed by atoms with Crippen molar-refractivity contribution in [2.24, 2.45) is 11.8 Å². The van der Waals surface area contributed by atoms with Crippen LogP contribution < -0.4 is 10.2 Å². The molecule has 2 heterocycles. The van der Waals surface area contributed by atoms with Crippen LogP contribution in [-0.2, 0) is 16.1 Å². The number of hydrogen-bond donors (Lipinski definition) is 2. The summed E-state index contributed by atoms with van der Waals surface area (Å²) in [6, 6.07) is 16.3. The number of carbonyl (C=O) groups is 3. The highest BCUT2D eigenvalue weighted by Crippen LogP contribution is 2.45. The van der Waals surface area contributed by atoms with E-state index in [-0.39, 0.29) is 35.8 Å². The Kier molecular flexibility index (Phi) is 5.05. The third-order valence-corrected chi connectivity index (χ3v) is 7.19. The Morgan fingerprint density at radius 2 is 1.71 bits per heavy atom. The average Bonchev–Trinajstić information content (AvgIpc) is 3.18. The predicted octanol–water partition coefficient (Wildman–Crippen LogP) is 3.10. The van der Waals surface area contributed by atoms with Crippen LogP contribution in [0.3, 0.4) is 0 Å². The number of carboxylic acids is 1. The van der Waals surface area contributed by atoms with E-state index in [9.17, 15) is 19.5 Å². The number of alkyl carbamates (subject to hydrolysis) is 1. The second-order valence-corrected chi connectivity index (χ2v) is 9.21. The molecule has 1 saturated carbocycles. The van der Waals surface area contributed by atoms with Crippen LogP contribution in [-0.4, -0.2) is 52.6 Å². The number of nitrogens with zero attached hydrogens (tertiary/aromatic N) is 3. The molecule has 2 N–H and O–H groups in total. The summed E-state index contributed by atoms with van der Waals surface area (Å²) >= 11 is 0. The number of rotatable bonds is 6. The maximum Gasteiger partial charge on any atom is 0.407 e. The van der Waals surface area contributed by atoms with Gasteiger partial charge >= 0.3 is 12.1 Å². The summed E-state index contributed by atoms with van der Waals surface area (Å²) in [4.78, 5) is 38.4. The van der Waals surface area contributed by atoms with Gasteiger partial charge in [0.15, 0.2) is 0 Å². The maximum absolute atomic E-state index is 13.0. The molecule has 0 radical (unpaired) electrons. The molecule has 1 fully saturated rings. The summed E-state index contributed by atoms with van der Waals surface area (Å²) in [5.41, 5.74) is 4.68. The van der Waals surface area contributed by atoms with E-state index in [4.69, 9.17) is 4.74 Å². The lowest BCUT2D eigenvalue weighted by Gasteiger charge is -2.16. The molecule has 1 aromatic heterocycles. The predicted molar refractivity (Wildman–Crippen MR) is 126 cm³/mol. The molecule has 6 rings (SSSR count). The monoisotopic (exact) mass is 472 g/mol. The van der Waals surface area contributed by atoms with Gasteiger partial charge in [0, 0.05) is 24.9 Å². The molecule has 2 amide bonds. The van der Waals surface area contributed by atoms with Crippen molar-refractivity contribution >= 4 is 23.8 Å². The number of amides is 2. The molecule has 178 valence electrons. The van der Waals surface area contributed by atoms with Crippen molar-refractivity contribution < 1.29 is 24.2 Å². The van der Waals surface area contributed by atoms with Gasteiger partial charge in [0.25, 0.3) is 0 Å². The smallest absolute Gasteiger partial charge is 0.407 e. The highest BCUT2D eigenvalue weighted by molar-refractivity contribution is 6.03. The first kappa shape index (κ1) is 21.4. The van der Waals surface area contributed by atoms with Crippen LogP contribution in [0, 0.1) is 11.8 Å². The number of ether oxygens (including phenoxy) is 1. The molecular weight excluding hydrogens is 448 g/mol. The van der Waals surface area contributed by atoms with E-state index in [1.807, 2.05) is 24.3 Å². The van der Waals surface area contributed by atoms with E-state index < -0.39 is 12.1 Å². The van der Waals surface area contributed by atoms with Gasteiger partial charge in [0.1, 0.15) is 18.0 Å². The Bertz CT molecular complexity index is 1300. The van der Waals surface area contributed by atoms with Crippen LogP contribution in [0.4, 0.5) is 10.6 Å². The fraction of sp³-hybridized carbons (Fsp3) is 0.308. The first-order valence-corrected chi connectivity index (χ1v) is 11.7. The van der Waals surface area contributed by atoms with Crippen molar-refractivity contribution in [1.29, 1.82) is 0 Å². The Morgan fingerprint density at radius 3 is 2.40 bits per heavy atom. The zero-order valence-electron chi connectivity index (χ0n) is 18.9. The zero-order chi connectivity index (χ0) is 24.1. The Hall–Kier alpha value is -4.14. The molecule has 2 atom stereocenters. The first-order valence-electron chi connectivity index (χ1n) is 11.7. The van der Waals surface area contributed by atoms with Gasteiger partial charge in [-0.05, 0) is 34.6 Å². The van der Waals surface area contributed by atoms with E-state index >= 15 is 0 Å². The second kappa shape index (κ2) is 8.26. The minimum atomic E-state index is -1.10. The third-order valence-electron chi connectivity index (χ3n) is 7.19. The highest BCUT2D eigenvalue weighted by Gasteiger charge is 2.47. The summed E-state index contributed by atoms with van der Waals surface area (Å²) in [7, 11) is 0. The number of fused-ring (bicyclic) bond motifs is 4. The lowest BCUT2D eigenvalue weighted by Crippen LogP contribution is -2.33. The molecule has 0 saturated heterocycles. The molecule has 1 aliphatic heterocycles. The Balaban J connectivity index is 1.03. The standard InChI is InChI=1S/C26H24N4O5/c31-24(29-9-10-30-23(29)21(13-28-30)25(32)33)20-11-15(20)12-27-26(34)35-14-22-18-7-3-1-5-16(18)17-6-2-4-8-19(17)22/h1-8,13,15,20,22H,9-12,14H2,(H,27,34)(H,32,33). The SMILES string of the molecule is O=C(NCC1CC1C(=O)N1CCn2ncc(C(=O)O)c21)OCC1c2ccccc2-c2ccccc21. The van der Waals surface area contributed by atoms with E-state index in [0.717, 1.165) is 11.1 Å². The van der Waals surface area contributed by atoms with E-state index in [2.05, 4.69) is 34.7 Å². The lowest BCUT2D eigenvalue weighted by molar-refractivity contribution is -0.120. The molecule has 0 spiro atoms. The van der Waals surface area contributed by atoms with E-state index in [1.165, 1.54) is 22.2 Å². The number of hydrogen-bond acceptors (Lipinski definition) is 5. The van der Waals surface area contributed by atoms with Gasteiger partial charge in [-0.25, -0.2) is 14.3 Å². The summed E-state index contributed by atoms with van der Waals surface area (Å²) < 4.78 is 7.12. The molecule has 35 heavy (non-hydrogen) atoms. The molecule has 9 heteroatoms. The fourth-order valence-electron chi connectivity index (χ4n) is 5.33. The topological polar surface area (TPSA) is 114 Å². The number of aromatic carboxylic acids is 1. The van der Waals surface area contributed by atoms with Gasteiger partial charge in [0.05, 0.1) is 12.7 Å². The minimum Gasteiger partial charge on any atom is -0.477 e. The minimum absolute atomic E-state index is 0.00755. The van der Waals surface area contributed by atoms with Crippen LogP contribution in [0.15, 0.2) is 54.7 Å². The number of benzene rings is 2. The number of nitrogens with one attached hydrogen (secondary N) is 1. The van der Waals surface area contributed by atoms with Gasteiger partial charge in [0.2, 0.25) is 5.91 Å². The number of anilines is 1. The molecule has 9 nitrogen and oxygen atoms in total. The summed E-state index contributed by atoms with van der Waals surface area (Å²) in [5.74, 6) is -1.12. The van der Waals surface area contributed by atoms with Gasteiger partial charge < -0.3 is 15.2 Å². The van der Waals surface area contributed by atoms with Crippen LogP contribution in [0.5, 0.6) is 0 Å². The van der Waals surface area contributed by atoms with Gasteiger partial charge in [-0.2, -0.15) is 5.10 Å².